The lowest BCUT2D eigenvalue weighted by Gasteiger charge is -2.19. The minimum absolute atomic E-state index is 0.0170. The van der Waals surface area contributed by atoms with Crippen LogP contribution in [0, 0.1) is 11.8 Å². The van der Waals surface area contributed by atoms with Gasteiger partial charge in [-0.25, -0.2) is 0 Å². The molecule has 0 saturated carbocycles. The smallest absolute Gasteiger partial charge is 0.220 e. The van der Waals surface area contributed by atoms with Crippen molar-refractivity contribution in [2.75, 3.05) is 32.9 Å². The van der Waals surface area contributed by atoms with Gasteiger partial charge < -0.3 is 20.9 Å². The molecular weight excluding hydrogens is 232 g/mol. The van der Waals surface area contributed by atoms with Crippen molar-refractivity contribution in [3.8, 4) is 0 Å². The van der Waals surface area contributed by atoms with Crippen LogP contribution in [-0.2, 0) is 9.53 Å². The number of amides is 1. The maximum absolute atomic E-state index is 11.6. The lowest BCUT2D eigenvalue weighted by atomic mass is 9.88. The summed E-state index contributed by atoms with van der Waals surface area (Å²) >= 11 is 0. The van der Waals surface area contributed by atoms with Crippen LogP contribution < -0.4 is 11.1 Å². The van der Waals surface area contributed by atoms with Crippen LogP contribution >= 0.6 is 0 Å². The molecule has 18 heavy (non-hydrogen) atoms. The third-order valence-electron chi connectivity index (χ3n) is 3.03. The van der Waals surface area contributed by atoms with E-state index < -0.39 is 0 Å². The summed E-state index contributed by atoms with van der Waals surface area (Å²) in [6, 6.07) is 0. The molecule has 0 aliphatic carbocycles. The molecule has 1 atom stereocenters. The molecule has 1 amide bonds. The summed E-state index contributed by atoms with van der Waals surface area (Å²) in [7, 11) is 0. The first kappa shape index (κ1) is 17.4. The first-order chi connectivity index (χ1) is 8.61. The van der Waals surface area contributed by atoms with E-state index in [1.54, 1.807) is 0 Å². The van der Waals surface area contributed by atoms with E-state index in [1.807, 2.05) is 0 Å². The highest BCUT2D eigenvalue weighted by atomic mass is 16.5. The number of ether oxygens (including phenoxy) is 1. The van der Waals surface area contributed by atoms with E-state index in [0.717, 1.165) is 12.8 Å². The number of rotatable bonds is 11. The zero-order valence-corrected chi connectivity index (χ0v) is 11.7. The second-order valence-electron chi connectivity index (χ2n) is 4.81. The van der Waals surface area contributed by atoms with Crippen molar-refractivity contribution < 1.29 is 14.6 Å². The summed E-state index contributed by atoms with van der Waals surface area (Å²) in [5.41, 5.74) is 5.56. The van der Waals surface area contributed by atoms with Gasteiger partial charge in [-0.2, -0.15) is 0 Å². The van der Waals surface area contributed by atoms with Crippen LogP contribution in [0.3, 0.4) is 0 Å². The highest BCUT2D eigenvalue weighted by Gasteiger charge is 2.14. The quantitative estimate of drug-likeness (QED) is 0.473. The number of carbonyl (C=O) groups excluding carboxylic acids is 1. The molecule has 0 aromatic carbocycles. The zero-order chi connectivity index (χ0) is 13.8. The standard InChI is InChI=1S/C13H28N2O3/c1-11(2)12(5-6-14)3-4-13(17)15-7-9-18-10-8-16/h11-12,16H,3-10,14H2,1-2H3,(H,15,17). The van der Waals surface area contributed by atoms with E-state index in [9.17, 15) is 4.79 Å². The van der Waals surface area contributed by atoms with E-state index >= 15 is 0 Å². The molecule has 0 aliphatic rings. The molecule has 0 aromatic rings. The second-order valence-corrected chi connectivity index (χ2v) is 4.81. The van der Waals surface area contributed by atoms with Gasteiger partial charge in [-0.05, 0) is 31.2 Å². The Morgan fingerprint density at radius 2 is 2.06 bits per heavy atom. The minimum Gasteiger partial charge on any atom is -0.394 e. The second kappa shape index (κ2) is 11.4. The van der Waals surface area contributed by atoms with Gasteiger partial charge in [0, 0.05) is 13.0 Å². The maximum atomic E-state index is 11.6. The van der Waals surface area contributed by atoms with Crippen LogP contribution in [0.25, 0.3) is 0 Å². The fraction of sp³-hybridized carbons (Fsp3) is 0.923. The molecule has 5 heteroatoms. The number of nitrogens with one attached hydrogen (secondary N) is 1. The Labute approximate surface area is 110 Å². The lowest BCUT2D eigenvalue weighted by Crippen LogP contribution is -2.28. The number of carbonyl (C=O) groups is 1. The van der Waals surface area contributed by atoms with Crippen molar-refractivity contribution in [2.45, 2.75) is 33.1 Å². The number of hydrogen-bond donors (Lipinski definition) is 3. The fourth-order valence-electron chi connectivity index (χ4n) is 1.86. The van der Waals surface area contributed by atoms with Gasteiger partial charge in [-0.15, -0.1) is 0 Å². The third kappa shape index (κ3) is 9.39. The van der Waals surface area contributed by atoms with Crippen LogP contribution in [0.4, 0.5) is 0 Å². The molecule has 0 aliphatic heterocycles. The topological polar surface area (TPSA) is 84.6 Å². The average Bonchev–Trinajstić information content (AvgIpc) is 2.33. The molecular formula is C13H28N2O3. The molecule has 0 rings (SSSR count). The molecule has 0 radical (unpaired) electrons. The summed E-state index contributed by atoms with van der Waals surface area (Å²) in [4.78, 5) is 11.6. The molecule has 0 aromatic heterocycles. The molecule has 5 nitrogen and oxygen atoms in total. The maximum Gasteiger partial charge on any atom is 0.220 e. The number of aliphatic hydroxyl groups excluding tert-OH is 1. The SMILES string of the molecule is CC(C)C(CCN)CCC(=O)NCCOCCO. The van der Waals surface area contributed by atoms with E-state index in [2.05, 4.69) is 19.2 Å². The molecule has 0 spiro atoms. The van der Waals surface area contributed by atoms with Crippen molar-refractivity contribution in [1.29, 1.82) is 0 Å². The van der Waals surface area contributed by atoms with Gasteiger partial charge in [-0.3, -0.25) is 4.79 Å². The van der Waals surface area contributed by atoms with E-state index in [-0.39, 0.29) is 12.5 Å². The summed E-state index contributed by atoms with van der Waals surface area (Å²) < 4.78 is 5.05. The first-order valence-corrected chi connectivity index (χ1v) is 6.77. The predicted octanol–water partition coefficient (Wildman–Crippen LogP) is 0.513. The van der Waals surface area contributed by atoms with Gasteiger partial charge in [0.1, 0.15) is 0 Å². The largest absolute Gasteiger partial charge is 0.394 e. The van der Waals surface area contributed by atoms with Crippen molar-refractivity contribution >= 4 is 5.91 Å². The number of nitrogens with two attached hydrogens (primary N) is 1. The van der Waals surface area contributed by atoms with Crippen LogP contribution in [0.2, 0.25) is 0 Å². The van der Waals surface area contributed by atoms with E-state index in [1.165, 1.54) is 0 Å². The Bertz CT molecular complexity index is 210. The van der Waals surface area contributed by atoms with Gasteiger partial charge in [0.05, 0.1) is 19.8 Å². The Balaban J connectivity index is 3.61. The monoisotopic (exact) mass is 260 g/mol. The van der Waals surface area contributed by atoms with Crippen molar-refractivity contribution in [1.82, 2.24) is 5.32 Å². The Kier molecular flexibility index (Phi) is 11.0. The minimum atomic E-state index is 0.0170. The molecule has 0 saturated heterocycles. The van der Waals surface area contributed by atoms with Gasteiger partial charge in [0.15, 0.2) is 0 Å². The van der Waals surface area contributed by atoms with E-state index in [4.69, 9.17) is 15.6 Å². The highest BCUT2D eigenvalue weighted by molar-refractivity contribution is 5.75. The van der Waals surface area contributed by atoms with Crippen LogP contribution in [0.1, 0.15) is 33.1 Å². The Morgan fingerprint density at radius 3 is 2.61 bits per heavy atom. The van der Waals surface area contributed by atoms with Crippen molar-refractivity contribution in [3.05, 3.63) is 0 Å². The molecule has 0 bridgehead atoms. The molecule has 1 unspecified atom stereocenters. The number of aliphatic hydroxyl groups is 1. The van der Waals surface area contributed by atoms with Crippen LogP contribution in [0.5, 0.6) is 0 Å². The summed E-state index contributed by atoms with van der Waals surface area (Å²) in [5, 5.41) is 11.3. The van der Waals surface area contributed by atoms with Crippen molar-refractivity contribution in [3.63, 3.8) is 0 Å². The molecule has 4 N–H and O–H groups in total. The summed E-state index contributed by atoms with van der Waals surface area (Å²) in [6.07, 6.45) is 2.41. The first-order valence-electron chi connectivity index (χ1n) is 6.77. The molecule has 108 valence electrons. The van der Waals surface area contributed by atoms with Gasteiger partial charge >= 0.3 is 0 Å². The molecule has 0 heterocycles. The third-order valence-corrected chi connectivity index (χ3v) is 3.03. The van der Waals surface area contributed by atoms with Crippen LogP contribution in [-0.4, -0.2) is 43.9 Å². The lowest BCUT2D eigenvalue weighted by molar-refractivity contribution is -0.121. The van der Waals surface area contributed by atoms with Gasteiger partial charge in [0.2, 0.25) is 5.91 Å². The zero-order valence-electron chi connectivity index (χ0n) is 11.7. The normalized spacial score (nSPS) is 12.7. The average molecular weight is 260 g/mol. The number of hydrogen-bond acceptors (Lipinski definition) is 4. The fourth-order valence-corrected chi connectivity index (χ4v) is 1.86. The van der Waals surface area contributed by atoms with Gasteiger partial charge in [0.25, 0.3) is 0 Å². The van der Waals surface area contributed by atoms with Crippen LogP contribution in [0.15, 0.2) is 0 Å². The predicted molar refractivity (Wildman–Crippen MR) is 72.1 cm³/mol. The Morgan fingerprint density at radius 1 is 1.33 bits per heavy atom. The highest BCUT2D eigenvalue weighted by Crippen LogP contribution is 2.20. The summed E-state index contributed by atoms with van der Waals surface area (Å²) in [6.45, 7) is 6.30. The summed E-state index contributed by atoms with van der Waals surface area (Å²) in [5.74, 6) is 1.14. The van der Waals surface area contributed by atoms with E-state index in [0.29, 0.717) is 44.6 Å². The van der Waals surface area contributed by atoms with Gasteiger partial charge in [-0.1, -0.05) is 13.8 Å². The molecule has 0 fully saturated rings. The Hall–Kier alpha value is -0.650. The van der Waals surface area contributed by atoms with Crippen molar-refractivity contribution in [2.24, 2.45) is 17.6 Å².